The summed E-state index contributed by atoms with van der Waals surface area (Å²) < 4.78 is 1.60. The highest BCUT2D eigenvalue weighted by Gasteiger charge is 2.14. The van der Waals surface area contributed by atoms with E-state index in [-0.39, 0.29) is 5.91 Å². The van der Waals surface area contributed by atoms with E-state index in [1.54, 1.807) is 25.5 Å². The standard InChI is InChI=1S/C10H8Br2N4OS/c1-13-8-6(2-5(11)3-14-8)9(17)16-10-15-4-7(12)18-10/h2-4H,1H3,(H,13,14)(H,15,16,17). The van der Waals surface area contributed by atoms with Crippen LogP contribution >= 0.6 is 43.2 Å². The molecule has 0 atom stereocenters. The predicted octanol–water partition coefficient (Wildman–Crippen LogP) is 3.36. The molecule has 0 saturated heterocycles. The van der Waals surface area contributed by atoms with E-state index in [9.17, 15) is 4.79 Å². The van der Waals surface area contributed by atoms with Crippen LogP contribution in [0, 0.1) is 0 Å². The molecule has 0 aliphatic carbocycles. The Morgan fingerprint density at radius 2 is 2.11 bits per heavy atom. The van der Waals surface area contributed by atoms with E-state index < -0.39 is 0 Å². The number of carbonyl (C=O) groups is 1. The van der Waals surface area contributed by atoms with E-state index in [1.807, 2.05) is 0 Å². The molecule has 2 heterocycles. The molecular weight excluding hydrogens is 384 g/mol. The molecule has 0 aliphatic rings. The first-order chi connectivity index (χ1) is 8.60. The predicted molar refractivity (Wildman–Crippen MR) is 79.3 cm³/mol. The number of aromatic nitrogens is 2. The zero-order chi connectivity index (χ0) is 13.1. The molecule has 2 rings (SSSR count). The average molecular weight is 392 g/mol. The van der Waals surface area contributed by atoms with E-state index in [1.165, 1.54) is 11.3 Å². The van der Waals surface area contributed by atoms with Crippen LogP contribution in [0.3, 0.4) is 0 Å². The van der Waals surface area contributed by atoms with E-state index in [0.717, 1.165) is 8.26 Å². The lowest BCUT2D eigenvalue weighted by molar-refractivity contribution is 0.102. The van der Waals surface area contributed by atoms with Gasteiger partial charge in [0.15, 0.2) is 5.13 Å². The van der Waals surface area contributed by atoms with Crippen LogP contribution in [0.2, 0.25) is 0 Å². The third kappa shape index (κ3) is 3.06. The van der Waals surface area contributed by atoms with Gasteiger partial charge in [0.1, 0.15) is 5.82 Å². The first kappa shape index (κ1) is 13.4. The van der Waals surface area contributed by atoms with Gasteiger partial charge in [-0.3, -0.25) is 10.1 Å². The summed E-state index contributed by atoms with van der Waals surface area (Å²) in [5.74, 6) is 0.265. The Balaban J connectivity index is 2.25. The number of hydrogen-bond donors (Lipinski definition) is 2. The van der Waals surface area contributed by atoms with Crippen molar-refractivity contribution < 1.29 is 4.79 Å². The van der Waals surface area contributed by atoms with Gasteiger partial charge in [-0.25, -0.2) is 9.97 Å². The topological polar surface area (TPSA) is 66.9 Å². The number of amides is 1. The van der Waals surface area contributed by atoms with Crippen molar-refractivity contribution in [2.45, 2.75) is 0 Å². The van der Waals surface area contributed by atoms with Crippen molar-refractivity contribution in [3.63, 3.8) is 0 Å². The first-order valence-electron chi connectivity index (χ1n) is 4.86. The Morgan fingerprint density at radius 3 is 2.72 bits per heavy atom. The smallest absolute Gasteiger partial charge is 0.261 e. The largest absolute Gasteiger partial charge is 0.372 e. The maximum Gasteiger partial charge on any atom is 0.261 e. The van der Waals surface area contributed by atoms with Crippen molar-refractivity contribution in [1.82, 2.24) is 9.97 Å². The second-order valence-corrected chi connectivity index (χ2v) is 6.55. The van der Waals surface area contributed by atoms with Gasteiger partial charge in [0, 0.05) is 17.7 Å². The Hall–Kier alpha value is -0.990. The van der Waals surface area contributed by atoms with Crippen LogP contribution in [-0.2, 0) is 0 Å². The van der Waals surface area contributed by atoms with Crippen molar-refractivity contribution in [2.24, 2.45) is 0 Å². The molecule has 1 amide bonds. The Bertz CT molecular complexity index is 587. The molecule has 0 radical (unpaired) electrons. The normalized spacial score (nSPS) is 10.2. The maximum absolute atomic E-state index is 12.1. The minimum absolute atomic E-state index is 0.255. The summed E-state index contributed by atoms with van der Waals surface area (Å²) in [6, 6.07) is 1.71. The summed E-state index contributed by atoms with van der Waals surface area (Å²) in [6.45, 7) is 0. The summed E-state index contributed by atoms with van der Waals surface area (Å²) in [5.41, 5.74) is 0.457. The fraction of sp³-hybridized carbons (Fsp3) is 0.100. The van der Waals surface area contributed by atoms with Gasteiger partial charge in [0.05, 0.1) is 15.5 Å². The van der Waals surface area contributed by atoms with Crippen LogP contribution < -0.4 is 10.6 Å². The quantitative estimate of drug-likeness (QED) is 0.841. The summed E-state index contributed by atoms with van der Waals surface area (Å²) >= 11 is 7.93. The van der Waals surface area contributed by atoms with Crippen molar-refractivity contribution in [1.29, 1.82) is 0 Å². The zero-order valence-electron chi connectivity index (χ0n) is 9.20. The second kappa shape index (κ2) is 5.77. The fourth-order valence-electron chi connectivity index (χ4n) is 1.29. The van der Waals surface area contributed by atoms with Gasteiger partial charge in [-0.2, -0.15) is 0 Å². The van der Waals surface area contributed by atoms with Gasteiger partial charge in [-0.05, 0) is 37.9 Å². The van der Waals surface area contributed by atoms with Gasteiger partial charge in [-0.1, -0.05) is 11.3 Å². The molecule has 0 unspecified atom stereocenters. The van der Waals surface area contributed by atoms with Gasteiger partial charge in [-0.15, -0.1) is 0 Å². The van der Waals surface area contributed by atoms with Crippen LogP contribution in [0.15, 0.2) is 26.7 Å². The van der Waals surface area contributed by atoms with Gasteiger partial charge >= 0.3 is 0 Å². The molecule has 0 fully saturated rings. The number of rotatable bonds is 3. The Kier molecular flexibility index (Phi) is 4.31. The third-order valence-corrected chi connectivity index (χ3v) is 3.86. The molecule has 94 valence electrons. The molecule has 18 heavy (non-hydrogen) atoms. The molecule has 2 aromatic rings. The number of hydrogen-bond acceptors (Lipinski definition) is 5. The van der Waals surface area contributed by atoms with Crippen LogP contribution in [0.1, 0.15) is 10.4 Å². The van der Waals surface area contributed by atoms with Crippen molar-refractivity contribution in [2.75, 3.05) is 17.7 Å². The van der Waals surface area contributed by atoms with Crippen LogP contribution in [0.4, 0.5) is 10.9 Å². The highest BCUT2D eigenvalue weighted by molar-refractivity contribution is 9.11. The zero-order valence-corrected chi connectivity index (χ0v) is 13.2. The van der Waals surface area contributed by atoms with Gasteiger partial charge < -0.3 is 5.32 Å². The molecule has 0 spiro atoms. The molecule has 0 saturated carbocycles. The molecule has 8 heteroatoms. The molecule has 0 aliphatic heterocycles. The fourth-order valence-corrected chi connectivity index (χ4v) is 2.72. The summed E-state index contributed by atoms with van der Waals surface area (Å²) in [7, 11) is 1.72. The summed E-state index contributed by atoms with van der Waals surface area (Å²) in [5, 5.41) is 6.13. The molecule has 2 N–H and O–H groups in total. The average Bonchev–Trinajstić information content (AvgIpc) is 2.74. The number of anilines is 2. The molecular formula is C10H8Br2N4OS. The number of nitrogens with one attached hydrogen (secondary N) is 2. The molecule has 0 bridgehead atoms. The van der Waals surface area contributed by atoms with E-state index in [2.05, 4.69) is 52.5 Å². The van der Waals surface area contributed by atoms with Crippen molar-refractivity contribution in [3.05, 3.63) is 32.3 Å². The highest BCUT2D eigenvalue weighted by atomic mass is 79.9. The van der Waals surface area contributed by atoms with Crippen LogP contribution in [0.25, 0.3) is 0 Å². The van der Waals surface area contributed by atoms with Gasteiger partial charge in [0.25, 0.3) is 5.91 Å². The minimum atomic E-state index is -0.255. The minimum Gasteiger partial charge on any atom is -0.372 e. The van der Waals surface area contributed by atoms with Crippen molar-refractivity contribution >= 4 is 60.1 Å². The van der Waals surface area contributed by atoms with E-state index >= 15 is 0 Å². The molecule has 5 nitrogen and oxygen atoms in total. The Morgan fingerprint density at radius 1 is 1.33 bits per heavy atom. The Labute approximate surface area is 124 Å². The summed E-state index contributed by atoms with van der Waals surface area (Å²) in [4.78, 5) is 20.3. The number of carbonyl (C=O) groups excluding carboxylic acids is 1. The monoisotopic (exact) mass is 390 g/mol. The maximum atomic E-state index is 12.1. The van der Waals surface area contributed by atoms with Gasteiger partial charge in [0.2, 0.25) is 0 Å². The third-order valence-electron chi connectivity index (χ3n) is 2.03. The highest BCUT2D eigenvalue weighted by Crippen LogP contribution is 2.25. The lowest BCUT2D eigenvalue weighted by atomic mass is 10.2. The summed E-state index contributed by atoms with van der Waals surface area (Å²) in [6.07, 6.45) is 3.26. The lowest BCUT2D eigenvalue weighted by Gasteiger charge is -2.07. The number of thiazole rings is 1. The van der Waals surface area contributed by atoms with Crippen molar-refractivity contribution in [3.8, 4) is 0 Å². The number of nitrogens with zero attached hydrogens (tertiary/aromatic N) is 2. The molecule has 2 aromatic heterocycles. The number of pyridine rings is 1. The van der Waals surface area contributed by atoms with Crippen LogP contribution in [0.5, 0.6) is 0 Å². The second-order valence-electron chi connectivity index (χ2n) is 3.22. The van der Waals surface area contributed by atoms with E-state index in [0.29, 0.717) is 16.5 Å². The lowest BCUT2D eigenvalue weighted by Crippen LogP contribution is -2.14. The SMILES string of the molecule is CNc1ncc(Br)cc1C(=O)Nc1ncc(Br)s1. The first-order valence-corrected chi connectivity index (χ1v) is 7.26. The molecule has 0 aromatic carbocycles. The van der Waals surface area contributed by atoms with Crippen LogP contribution in [-0.4, -0.2) is 22.9 Å². The number of halogens is 2. The van der Waals surface area contributed by atoms with E-state index in [4.69, 9.17) is 0 Å².